The number of piperidine rings is 1. The van der Waals surface area contributed by atoms with Gasteiger partial charge in [-0.05, 0) is 26.2 Å². The normalized spacial score (nSPS) is 22.0. The molecular formula is C16H29N3O2. The first-order chi connectivity index (χ1) is 10.1. The van der Waals surface area contributed by atoms with Gasteiger partial charge in [0.05, 0.1) is 0 Å². The van der Waals surface area contributed by atoms with E-state index < -0.39 is 0 Å². The van der Waals surface area contributed by atoms with Gasteiger partial charge < -0.3 is 14.7 Å². The zero-order valence-corrected chi connectivity index (χ0v) is 13.7. The van der Waals surface area contributed by atoms with Crippen molar-refractivity contribution < 1.29 is 9.59 Å². The highest BCUT2D eigenvalue weighted by molar-refractivity contribution is 5.79. The second kappa shape index (κ2) is 7.14. The quantitative estimate of drug-likeness (QED) is 0.780. The highest BCUT2D eigenvalue weighted by Crippen LogP contribution is 2.22. The summed E-state index contributed by atoms with van der Waals surface area (Å²) in [6, 6.07) is 0.501. The Morgan fingerprint density at radius 3 is 2.38 bits per heavy atom. The fraction of sp³-hybridized carbons (Fsp3) is 0.875. The topological polar surface area (TPSA) is 43.9 Å². The van der Waals surface area contributed by atoms with Gasteiger partial charge in [0, 0.05) is 44.7 Å². The Balaban J connectivity index is 1.83. The Morgan fingerprint density at radius 2 is 1.86 bits per heavy atom. The van der Waals surface area contributed by atoms with Gasteiger partial charge in [0.15, 0.2) is 0 Å². The van der Waals surface area contributed by atoms with Gasteiger partial charge in [-0.2, -0.15) is 0 Å². The third-order valence-electron chi connectivity index (χ3n) is 4.87. The summed E-state index contributed by atoms with van der Waals surface area (Å²) >= 11 is 0. The van der Waals surface area contributed by atoms with E-state index in [4.69, 9.17) is 0 Å². The second-order valence-corrected chi connectivity index (χ2v) is 6.30. The molecule has 5 heteroatoms. The fourth-order valence-corrected chi connectivity index (χ4v) is 3.50. The number of carbonyl (C=O) groups excluding carboxylic acids is 2. The Kier molecular flexibility index (Phi) is 5.48. The largest absolute Gasteiger partial charge is 0.342 e. The van der Waals surface area contributed by atoms with Gasteiger partial charge in [-0.3, -0.25) is 4.79 Å². The summed E-state index contributed by atoms with van der Waals surface area (Å²) in [4.78, 5) is 30.4. The third kappa shape index (κ3) is 3.50. The summed E-state index contributed by atoms with van der Waals surface area (Å²) in [7, 11) is 0. The van der Waals surface area contributed by atoms with Gasteiger partial charge in [-0.1, -0.05) is 20.3 Å². The molecule has 3 amide bonds. The molecule has 0 unspecified atom stereocenters. The first-order valence-corrected chi connectivity index (χ1v) is 8.42. The van der Waals surface area contributed by atoms with Gasteiger partial charge in [0.25, 0.3) is 0 Å². The number of carbonyl (C=O) groups is 2. The zero-order valence-electron chi connectivity index (χ0n) is 13.7. The number of likely N-dealkylation sites (tertiary alicyclic amines) is 1. The fourth-order valence-electron chi connectivity index (χ4n) is 3.50. The molecule has 1 atom stereocenters. The highest BCUT2D eigenvalue weighted by Gasteiger charge is 2.35. The molecule has 5 nitrogen and oxygen atoms in total. The summed E-state index contributed by atoms with van der Waals surface area (Å²) in [5, 5.41) is 0. The van der Waals surface area contributed by atoms with Crippen LogP contribution in [0, 0.1) is 5.92 Å². The van der Waals surface area contributed by atoms with E-state index in [9.17, 15) is 9.59 Å². The minimum absolute atomic E-state index is 0.135. The summed E-state index contributed by atoms with van der Waals surface area (Å²) < 4.78 is 0. The van der Waals surface area contributed by atoms with Crippen LogP contribution in [0.4, 0.5) is 4.79 Å². The van der Waals surface area contributed by atoms with Crippen molar-refractivity contribution in [3.05, 3.63) is 0 Å². The summed E-state index contributed by atoms with van der Waals surface area (Å²) in [6.07, 6.45) is 3.87. The molecular weight excluding hydrogens is 266 g/mol. The second-order valence-electron chi connectivity index (χ2n) is 6.30. The molecule has 0 aliphatic carbocycles. The van der Waals surface area contributed by atoms with E-state index in [0.29, 0.717) is 11.9 Å². The molecule has 0 radical (unpaired) electrons. The molecule has 0 N–H and O–H groups in total. The number of amides is 3. The van der Waals surface area contributed by atoms with E-state index in [2.05, 4.69) is 6.92 Å². The lowest BCUT2D eigenvalue weighted by atomic mass is 9.99. The number of rotatable bonds is 5. The predicted molar refractivity (Wildman–Crippen MR) is 83.0 cm³/mol. The Hall–Kier alpha value is -1.26. The van der Waals surface area contributed by atoms with Crippen LogP contribution >= 0.6 is 0 Å². The van der Waals surface area contributed by atoms with E-state index in [1.807, 2.05) is 28.5 Å². The number of urea groups is 1. The number of hydrogen-bond acceptors (Lipinski definition) is 2. The maximum absolute atomic E-state index is 12.3. The molecule has 2 heterocycles. The number of likely N-dealkylation sites (N-methyl/N-ethyl adjacent to an activating group) is 1. The minimum Gasteiger partial charge on any atom is -0.342 e. The molecule has 0 bridgehead atoms. The number of nitrogens with zero attached hydrogens (tertiary/aromatic N) is 3. The van der Waals surface area contributed by atoms with Crippen molar-refractivity contribution in [2.24, 2.45) is 5.92 Å². The van der Waals surface area contributed by atoms with Gasteiger partial charge >= 0.3 is 6.03 Å². The third-order valence-corrected chi connectivity index (χ3v) is 4.87. The van der Waals surface area contributed by atoms with Crippen molar-refractivity contribution >= 4 is 11.9 Å². The minimum atomic E-state index is 0.135. The maximum atomic E-state index is 12.3. The Labute approximate surface area is 128 Å². The van der Waals surface area contributed by atoms with E-state index in [1.165, 1.54) is 0 Å². The van der Waals surface area contributed by atoms with Crippen LogP contribution in [0.25, 0.3) is 0 Å². The lowest BCUT2D eigenvalue weighted by Gasteiger charge is -2.37. The van der Waals surface area contributed by atoms with Crippen LogP contribution in [-0.4, -0.2) is 65.4 Å². The van der Waals surface area contributed by atoms with Crippen LogP contribution in [0.15, 0.2) is 0 Å². The van der Waals surface area contributed by atoms with Crippen molar-refractivity contribution in [1.82, 2.24) is 14.7 Å². The first-order valence-electron chi connectivity index (χ1n) is 8.42. The molecule has 2 fully saturated rings. The van der Waals surface area contributed by atoms with Crippen LogP contribution in [-0.2, 0) is 4.79 Å². The van der Waals surface area contributed by atoms with Crippen LogP contribution in [0.5, 0.6) is 0 Å². The SMILES string of the molecule is CCC[C@@H](C)C(=O)N1CCC(N2CCN(CC)C2=O)CC1. The van der Waals surface area contributed by atoms with Crippen LogP contribution in [0.1, 0.15) is 46.5 Å². The van der Waals surface area contributed by atoms with Crippen molar-refractivity contribution in [3.8, 4) is 0 Å². The molecule has 2 aliphatic rings. The van der Waals surface area contributed by atoms with Crippen molar-refractivity contribution in [2.75, 3.05) is 32.7 Å². The summed E-state index contributed by atoms with van der Waals surface area (Å²) in [5.41, 5.74) is 0. The van der Waals surface area contributed by atoms with Gasteiger partial charge in [-0.25, -0.2) is 4.79 Å². The molecule has 21 heavy (non-hydrogen) atoms. The van der Waals surface area contributed by atoms with Crippen molar-refractivity contribution in [2.45, 2.75) is 52.5 Å². The van der Waals surface area contributed by atoms with Gasteiger partial charge in [0.1, 0.15) is 0 Å². The molecule has 2 saturated heterocycles. The molecule has 2 rings (SSSR count). The molecule has 2 aliphatic heterocycles. The Bertz CT molecular complexity index is 378. The zero-order chi connectivity index (χ0) is 15.4. The summed E-state index contributed by atoms with van der Waals surface area (Å²) in [5.74, 6) is 0.425. The van der Waals surface area contributed by atoms with Crippen LogP contribution in [0.2, 0.25) is 0 Å². The lowest BCUT2D eigenvalue weighted by Crippen LogP contribution is -2.49. The lowest BCUT2D eigenvalue weighted by molar-refractivity contribution is -0.136. The molecule has 0 saturated carbocycles. The number of hydrogen-bond donors (Lipinski definition) is 0. The molecule has 0 spiro atoms. The van der Waals surface area contributed by atoms with Crippen molar-refractivity contribution in [1.29, 1.82) is 0 Å². The van der Waals surface area contributed by atoms with E-state index in [-0.39, 0.29) is 11.9 Å². The smallest absolute Gasteiger partial charge is 0.320 e. The molecule has 120 valence electrons. The van der Waals surface area contributed by atoms with Crippen LogP contribution < -0.4 is 0 Å². The molecule has 0 aromatic carbocycles. The predicted octanol–water partition coefficient (Wildman–Crippen LogP) is 2.17. The first kappa shape index (κ1) is 16.1. The van der Waals surface area contributed by atoms with E-state index in [1.54, 1.807) is 0 Å². The monoisotopic (exact) mass is 295 g/mol. The molecule has 0 aromatic rings. The van der Waals surface area contributed by atoms with Gasteiger partial charge in [-0.15, -0.1) is 0 Å². The summed E-state index contributed by atoms with van der Waals surface area (Å²) in [6.45, 7) is 10.3. The standard InChI is InChI=1S/C16H29N3O2/c1-4-6-13(3)15(20)18-9-7-14(8-10-18)19-12-11-17(5-2)16(19)21/h13-14H,4-12H2,1-3H3/t13-/m1/s1. The maximum Gasteiger partial charge on any atom is 0.320 e. The van der Waals surface area contributed by atoms with Crippen molar-refractivity contribution in [3.63, 3.8) is 0 Å². The highest BCUT2D eigenvalue weighted by atomic mass is 16.2. The average molecular weight is 295 g/mol. The van der Waals surface area contributed by atoms with E-state index >= 15 is 0 Å². The Morgan fingerprint density at radius 1 is 1.19 bits per heavy atom. The van der Waals surface area contributed by atoms with Gasteiger partial charge in [0.2, 0.25) is 5.91 Å². The van der Waals surface area contributed by atoms with Crippen LogP contribution in [0.3, 0.4) is 0 Å². The van der Waals surface area contributed by atoms with E-state index in [0.717, 1.165) is 58.4 Å². The average Bonchev–Trinajstić information content (AvgIpc) is 2.88. The molecule has 0 aromatic heterocycles.